The molecule has 6 nitrogen and oxygen atoms in total. The number of allylic oxidation sites excluding steroid dienone is 1. The minimum atomic E-state index is -0.300. The van der Waals surface area contributed by atoms with E-state index in [0.717, 1.165) is 24.0 Å². The minimum Gasteiger partial charge on any atom is -0.332 e. The maximum atomic E-state index is 12.7. The van der Waals surface area contributed by atoms with E-state index in [9.17, 15) is 9.59 Å². The lowest BCUT2D eigenvalue weighted by molar-refractivity contribution is 0.555. The van der Waals surface area contributed by atoms with Crippen molar-refractivity contribution in [2.24, 2.45) is 0 Å². The second-order valence-corrected chi connectivity index (χ2v) is 6.41. The summed E-state index contributed by atoms with van der Waals surface area (Å²) < 4.78 is 2.90. The molecule has 136 valence electrons. The molecule has 1 aromatic carbocycles. The van der Waals surface area contributed by atoms with E-state index < -0.39 is 0 Å². The number of imidazole rings is 1. The Hall–Kier alpha value is -2.89. The summed E-state index contributed by atoms with van der Waals surface area (Å²) in [4.78, 5) is 33.2. The van der Waals surface area contributed by atoms with E-state index in [0.29, 0.717) is 30.1 Å². The standard InChI is InChI=1S/C20H24N4O2/c1-4-11-23-18-16(19(25)24(12-5-2)20(23)26)21-17(22-18)14(3)13-15-9-7-6-8-10-15/h6-10,13H,4-5,11-12H2,1-3H3,(H,21,22)/b14-13+. The van der Waals surface area contributed by atoms with Crippen molar-refractivity contribution in [2.75, 3.05) is 0 Å². The van der Waals surface area contributed by atoms with Gasteiger partial charge >= 0.3 is 5.69 Å². The second-order valence-electron chi connectivity index (χ2n) is 6.41. The highest BCUT2D eigenvalue weighted by atomic mass is 16.2. The molecule has 0 radical (unpaired) electrons. The summed E-state index contributed by atoms with van der Waals surface area (Å²) in [5.74, 6) is 0.611. The molecule has 3 rings (SSSR count). The number of H-pyrrole nitrogens is 1. The smallest absolute Gasteiger partial charge is 0.332 e. The van der Waals surface area contributed by atoms with Crippen LogP contribution in [0.3, 0.4) is 0 Å². The van der Waals surface area contributed by atoms with Crippen LogP contribution in [0.2, 0.25) is 0 Å². The van der Waals surface area contributed by atoms with Gasteiger partial charge in [-0.05, 0) is 37.0 Å². The molecule has 0 unspecified atom stereocenters. The largest absolute Gasteiger partial charge is 0.332 e. The van der Waals surface area contributed by atoms with Crippen LogP contribution in [0.1, 0.15) is 45.0 Å². The predicted octanol–water partition coefficient (Wildman–Crippen LogP) is 3.27. The van der Waals surface area contributed by atoms with Crippen molar-refractivity contribution in [3.63, 3.8) is 0 Å². The molecule has 0 amide bonds. The summed E-state index contributed by atoms with van der Waals surface area (Å²) in [5, 5.41) is 0. The average molecular weight is 352 g/mol. The summed E-state index contributed by atoms with van der Waals surface area (Å²) in [6.45, 7) is 6.83. The minimum absolute atomic E-state index is 0.283. The van der Waals surface area contributed by atoms with Crippen molar-refractivity contribution in [3.8, 4) is 0 Å². The third kappa shape index (κ3) is 3.27. The number of nitrogens with zero attached hydrogens (tertiary/aromatic N) is 3. The molecule has 0 bridgehead atoms. The summed E-state index contributed by atoms with van der Waals surface area (Å²) in [6.07, 6.45) is 3.52. The maximum absolute atomic E-state index is 12.7. The summed E-state index contributed by atoms with van der Waals surface area (Å²) >= 11 is 0. The Bertz CT molecular complexity index is 1060. The van der Waals surface area contributed by atoms with E-state index in [2.05, 4.69) is 9.97 Å². The lowest BCUT2D eigenvalue weighted by Crippen LogP contribution is -2.40. The topological polar surface area (TPSA) is 72.7 Å². The number of benzene rings is 1. The number of aryl methyl sites for hydroxylation is 1. The molecule has 0 fully saturated rings. The Balaban J connectivity index is 2.20. The lowest BCUT2D eigenvalue weighted by atomic mass is 10.1. The number of aromatic nitrogens is 4. The van der Waals surface area contributed by atoms with Gasteiger partial charge in [0.15, 0.2) is 5.65 Å². The van der Waals surface area contributed by atoms with Crippen LogP contribution in [0.5, 0.6) is 0 Å². The van der Waals surface area contributed by atoms with Crippen molar-refractivity contribution >= 4 is 22.8 Å². The van der Waals surface area contributed by atoms with Crippen LogP contribution in [0.15, 0.2) is 39.9 Å². The quantitative estimate of drug-likeness (QED) is 0.740. The van der Waals surface area contributed by atoms with Crippen molar-refractivity contribution in [2.45, 2.75) is 46.7 Å². The van der Waals surface area contributed by atoms with Gasteiger partial charge in [-0.1, -0.05) is 44.2 Å². The van der Waals surface area contributed by atoms with Crippen LogP contribution in [-0.2, 0) is 13.1 Å². The molecule has 0 aliphatic carbocycles. The van der Waals surface area contributed by atoms with Gasteiger partial charge in [0.2, 0.25) is 0 Å². The Morgan fingerprint density at radius 1 is 1.08 bits per heavy atom. The summed E-state index contributed by atoms with van der Waals surface area (Å²) in [6, 6.07) is 9.93. The van der Waals surface area contributed by atoms with Gasteiger partial charge in [-0.25, -0.2) is 9.78 Å². The maximum Gasteiger partial charge on any atom is 0.332 e. The zero-order valence-corrected chi connectivity index (χ0v) is 15.5. The van der Waals surface area contributed by atoms with Gasteiger partial charge in [-0.15, -0.1) is 0 Å². The van der Waals surface area contributed by atoms with Crippen LogP contribution in [-0.4, -0.2) is 19.1 Å². The predicted molar refractivity (Wildman–Crippen MR) is 105 cm³/mol. The molecule has 0 saturated heterocycles. The first-order valence-electron chi connectivity index (χ1n) is 9.03. The highest BCUT2D eigenvalue weighted by molar-refractivity contribution is 5.81. The SMILES string of the molecule is CCCn1c(=O)c2[nH]c(/C(C)=C/c3ccccc3)nc2n(CCC)c1=O. The molecular formula is C20H24N4O2. The summed E-state index contributed by atoms with van der Waals surface area (Å²) in [7, 11) is 0. The monoisotopic (exact) mass is 352 g/mol. The lowest BCUT2D eigenvalue weighted by Gasteiger charge is -2.09. The molecule has 1 N–H and O–H groups in total. The van der Waals surface area contributed by atoms with Crippen molar-refractivity contribution in [1.29, 1.82) is 0 Å². The molecule has 0 aliphatic rings. The molecule has 2 aromatic heterocycles. The fourth-order valence-corrected chi connectivity index (χ4v) is 3.07. The molecule has 0 saturated carbocycles. The fourth-order valence-electron chi connectivity index (χ4n) is 3.07. The Morgan fingerprint density at radius 2 is 1.73 bits per heavy atom. The van der Waals surface area contributed by atoms with Crippen LogP contribution in [0.25, 0.3) is 22.8 Å². The highest BCUT2D eigenvalue weighted by Gasteiger charge is 2.17. The Morgan fingerprint density at radius 3 is 2.38 bits per heavy atom. The fraction of sp³-hybridized carbons (Fsp3) is 0.350. The van der Waals surface area contributed by atoms with Gasteiger partial charge in [0.1, 0.15) is 11.3 Å². The Kier molecular flexibility index (Phi) is 5.21. The van der Waals surface area contributed by atoms with Gasteiger partial charge in [0.25, 0.3) is 5.56 Å². The van der Waals surface area contributed by atoms with Gasteiger partial charge in [0, 0.05) is 13.1 Å². The third-order valence-electron chi connectivity index (χ3n) is 4.31. The third-order valence-corrected chi connectivity index (χ3v) is 4.31. The van der Waals surface area contributed by atoms with Crippen LogP contribution < -0.4 is 11.2 Å². The molecular weight excluding hydrogens is 328 g/mol. The number of fused-ring (bicyclic) bond motifs is 1. The van der Waals surface area contributed by atoms with E-state index in [4.69, 9.17) is 0 Å². The molecule has 0 spiro atoms. The number of hydrogen-bond donors (Lipinski definition) is 1. The van der Waals surface area contributed by atoms with Gasteiger partial charge in [-0.3, -0.25) is 13.9 Å². The number of aromatic amines is 1. The first-order chi connectivity index (χ1) is 12.6. The van der Waals surface area contributed by atoms with Crippen molar-refractivity contribution < 1.29 is 0 Å². The van der Waals surface area contributed by atoms with Crippen LogP contribution in [0, 0.1) is 0 Å². The Labute approximate surface area is 151 Å². The molecule has 0 aliphatic heterocycles. The van der Waals surface area contributed by atoms with Crippen molar-refractivity contribution in [3.05, 3.63) is 62.6 Å². The first-order valence-corrected chi connectivity index (χ1v) is 9.03. The highest BCUT2D eigenvalue weighted by Crippen LogP contribution is 2.17. The van der Waals surface area contributed by atoms with Crippen LogP contribution in [0.4, 0.5) is 0 Å². The van der Waals surface area contributed by atoms with Crippen molar-refractivity contribution in [1.82, 2.24) is 19.1 Å². The van der Waals surface area contributed by atoms with Gasteiger partial charge in [-0.2, -0.15) is 0 Å². The molecule has 2 heterocycles. The zero-order chi connectivity index (χ0) is 18.7. The first kappa shape index (κ1) is 17.9. The number of hydrogen-bond acceptors (Lipinski definition) is 3. The molecule has 6 heteroatoms. The second kappa shape index (κ2) is 7.56. The van der Waals surface area contributed by atoms with E-state index in [1.807, 2.05) is 57.2 Å². The normalized spacial score (nSPS) is 12.0. The van der Waals surface area contributed by atoms with E-state index >= 15 is 0 Å². The summed E-state index contributed by atoms with van der Waals surface area (Å²) in [5.41, 5.74) is 2.20. The molecule has 0 atom stereocenters. The molecule has 26 heavy (non-hydrogen) atoms. The number of nitrogens with one attached hydrogen (secondary N) is 1. The van der Waals surface area contributed by atoms with Gasteiger partial charge in [0.05, 0.1) is 0 Å². The zero-order valence-electron chi connectivity index (χ0n) is 15.5. The van der Waals surface area contributed by atoms with E-state index in [1.165, 1.54) is 4.57 Å². The number of rotatable bonds is 6. The van der Waals surface area contributed by atoms with Gasteiger partial charge < -0.3 is 4.98 Å². The van der Waals surface area contributed by atoms with E-state index in [1.54, 1.807) is 4.57 Å². The van der Waals surface area contributed by atoms with E-state index in [-0.39, 0.29) is 11.2 Å². The van der Waals surface area contributed by atoms with Crippen LogP contribution >= 0.6 is 0 Å². The molecule has 3 aromatic rings. The average Bonchev–Trinajstić information content (AvgIpc) is 3.09.